The number of benzene rings is 1. The summed E-state index contributed by atoms with van der Waals surface area (Å²) in [6.45, 7) is 1.15. The summed E-state index contributed by atoms with van der Waals surface area (Å²) in [6.07, 6.45) is 4.05. The van der Waals surface area contributed by atoms with Crippen LogP contribution in [0.4, 0.5) is 5.82 Å². The Hall–Kier alpha value is -2.74. The van der Waals surface area contributed by atoms with E-state index >= 15 is 0 Å². The first-order valence-electron chi connectivity index (χ1n) is 8.33. The predicted molar refractivity (Wildman–Crippen MR) is 101 cm³/mol. The highest BCUT2D eigenvalue weighted by Crippen LogP contribution is 2.36. The molecule has 2 N–H and O–H groups in total. The molecule has 132 valence electrons. The van der Waals surface area contributed by atoms with E-state index in [0.29, 0.717) is 25.3 Å². The van der Waals surface area contributed by atoms with Crippen molar-refractivity contribution in [1.82, 2.24) is 25.3 Å². The van der Waals surface area contributed by atoms with E-state index in [4.69, 9.17) is 0 Å². The van der Waals surface area contributed by atoms with Crippen molar-refractivity contribution >= 4 is 27.7 Å². The van der Waals surface area contributed by atoms with E-state index in [0.717, 1.165) is 21.3 Å². The summed E-state index contributed by atoms with van der Waals surface area (Å²) in [5.41, 5.74) is 2.76. The number of aromatic amines is 1. The molecular formula is C18H17BrN6O. The molecule has 1 aromatic carbocycles. The topological polar surface area (TPSA) is 86.8 Å². The zero-order valence-corrected chi connectivity index (χ0v) is 15.5. The van der Waals surface area contributed by atoms with Crippen LogP contribution in [-0.2, 0) is 6.42 Å². The maximum Gasteiger partial charge on any atom is 0.254 e. The highest BCUT2D eigenvalue weighted by molar-refractivity contribution is 9.10. The van der Waals surface area contributed by atoms with Crippen molar-refractivity contribution in [3.63, 3.8) is 0 Å². The van der Waals surface area contributed by atoms with Crippen LogP contribution >= 0.6 is 15.9 Å². The maximum absolute atomic E-state index is 12.9. The van der Waals surface area contributed by atoms with E-state index in [1.807, 2.05) is 41.3 Å². The second-order valence-corrected chi connectivity index (χ2v) is 6.87. The lowest BCUT2D eigenvalue weighted by Gasteiger charge is -2.25. The molecule has 3 heterocycles. The summed E-state index contributed by atoms with van der Waals surface area (Å²) in [4.78, 5) is 19.3. The van der Waals surface area contributed by atoms with Gasteiger partial charge in [0.05, 0.1) is 17.9 Å². The molecule has 26 heavy (non-hydrogen) atoms. The number of halogens is 1. The minimum Gasteiger partial charge on any atom is -0.365 e. The number of hydrogen-bond acceptors (Lipinski definition) is 5. The van der Waals surface area contributed by atoms with Gasteiger partial charge in [-0.25, -0.2) is 0 Å². The molecule has 1 aliphatic rings. The summed E-state index contributed by atoms with van der Waals surface area (Å²) in [5, 5.41) is 13.5. The fourth-order valence-corrected chi connectivity index (χ4v) is 3.68. The predicted octanol–water partition coefficient (Wildman–Crippen LogP) is 2.81. The van der Waals surface area contributed by atoms with E-state index in [2.05, 4.69) is 41.6 Å². The third-order valence-electron chi connectivity index (χ3n) is 4.48. The zero-order chi connectivity index (χ0) is 17.9. The fourth-order valence-electron chi connectivity index (χ4n) is 3.27. The Balaban J connectivity index is 1.56. The van der Waals surface area contributed by atoms with Crippen LogP contribution in [0.5, 0.6) is 0 Å². The molecule has 1 unspecified atom stereocenters. The normalized spacial score (nSPS) is 16.0. The maximum atomic E-state index is 12.9. The van der Waals surface area contributed by atoms with E-state index in [9.17, 15) is 4.79 Å². The molecule has 0 saturated heterocycles. The zero-order valence-electron chi connectivity index (χ0n) is 13.9. The molecule has 1 atom stereocenters. The van der Waals surface area contributed by atoms with Gasteiger partial charge in [0.15, 0.2) is 5.82 Å². The molecule has 0 aliphatic carbocycles. The van der Waals surface area contributed by atoms with Gasteiger partial charge in [0.1, 0.15) is 0 Å². The standard InChI is InChI=1S/C18H17BrN6O/c19-14-6-3-7-20-15(14)10-16-12-4-1-2-5-13(12)18(26)25(16)9-8-21-17-11-22-24-23-17/h1-7,11,16H,8-10H2,(H2,21,22,23,24). The molecule has 0 saturated carbocycles. The highest BCUT2D eigenvalue weighted by Gasteiger charge is 2.36. The summed E-state index contributed by atoms with van der Waals surface area (Å²) < 4.78 is 0.956. The number of carbonyl (C=O) groups excluding carboxylic acids is 1. The molecule has 0 spiro atoms. The van der Waals surface area contributed by atoms with Gasteiger partial charge < -0.3 is 10.2 Å². The Morgan fingerprint density at radius 1 is 1.23 bits per heavy atom. The molecule has 8 heteroatoms. The van der Waals surface area contributed by atoms with Crippen molar-refractivity contribution in [2.24, 2.45) is 0 Å². The van der Waals surface area contributed by atoms with Crippen LogP contribution in [0.1, 0.15) is 27.7 Å². The molecule has 0 radical (unpaired) electrons. The lowest BCUT2D eigenvalue weighted by Crippen LogP contribution is -2.33. The number of nitrogens with zero attached hydrogens (tertiary/aromatic N) is 4. The number of H-pyrrole nitrogens is 1. The Kier molecular flexibility index (Phi) is 4.66. The highest BCUT2D eigenvalue weighted by atomic mass is 79.9. The second kappa shape index (κ2) is 7.25. The first kappa shape index (κ1) is 16.7. The smallest absolute Gasteiger partial charge is 0.254 e. The second-order valence-electron chi connectivity index (χ2n) is 6.02. The minimum absolute atomic E-state index is 0.0380. The van der Waals surface area contributed by atoms with Crippen molar-refractivity contribution in [2.75, 3.05) is 18.4 Å². The molecule has 4 rings (SSSR count). The molecule has 2 aromatic heterocycles. The number of carbonyl (C=O) groups is 1. The molecule has 0 bridgehead atoms. The lowest BCUT2D eigenvalue weighted by molar-refractivity contribution is 0.0732. The quantitative estimate of drug-likeness (QED) is 0.649. The summed E-state index contributed by atoms with van der Waals surface area (Å²) in [5.74, 6) is 0.720. The fraction of sp³-hybridized carbons (Fsp3) is 0.222. The number of aromatic nitrogens is 4. The molecule has 0 fully saturated rings. The Morgan fingerprint density at radius 2 is 2.12 bits per heavy atom. The van der Waals surface area contributed by atoms with Crippen LogP contribution in [0.25, 0.3) is 0 Å². The van der Waals surface area contributed by atoms with Crippen molar-refractivity contribution < 1.29 is 4.79 Å². The van der Waals surface area contributed by atoms with Crippen molar-refractivity contribution in [3.05, 3.63) is 70.1 Å². The largest absolute Gasteiger partial charge is 0.365 e. The van der Waals surface area contributed by atoms with Gasteiger partial charge in [-0.15, -0.1) is 5.10 Å². The van der Waals surface area contributed by atoms with Crippen molar-refractivity contribution in [1.29, 1.82) is 0 Å². The summed E-state index contributed by atoms with van der Waals surface area (Å²) in [7, 11) is 0. The lowest BCUT2D eigenvalue weighted by atomic mass is 10.0. The summed E-state index contributed by atoms with van der Waals surface area (Å²) in [6, 6.07) is 11.6. The van der Waals surface area contributed by atoms with E-state index in [1.54, 1.807) is 12.4 Å². The number of pyridine rings is 1. The van der Waals surface area contributed by atoms with Crippen molar-refractivity contribution in [3.8, 4) is 0 Å². The first-order chi connectivity index (χ1) is 12.7. The average Bonchev–Trinajstić information content (AvgIpc) is 3.26. The van der Waals surface area contributed by atoms with E-state index in [1.165, 1.54) is 0 Å². The monoisotopic (exact) mass is 412 g/mol. The number of fused-ring (bicyclic) bond motifs is 1. The Morgan fingerprint density at radius 3 is 2.92 bits per heavy atom. The Labute approximate surface area is 159 Å². The van der Waals surface area contributed by atoms with Gasteiger partial charge in [-0.3, -0.25) is 9.78 Å². The third kappa shape index (κ3) is 3.20. The van der Waals surface area contributed by atoms with Crippen LogP contribution in [0, 0.1) is 0 Å². The first-order valence-corrected chi connectivity index (χ1v) is 9.12. The van der Waals surface area contributed by atoms with E-state index in [-0.39, 0.29) is 11.9 Å². The number of hydrogen-bond donors (Lipinski definition) is 2. The minimum atomic E-state index is -0.0380. The Bertz CT molecular complexity index is 914. The van der Waals surface area contributed by atoms with Gasteiger partial charge >= 0.3 is 0 Å². The number of nitrogens with one attached hydrogen (secondary N) is 2. The molecular weight excluding hydrogens is 396 g/mol. The number of rotatable bonds is 6. The van der Waals surface area contributed by atoms with Crippen LogP contribution in [0.3, 0.4) is 0 Å². The van der Waals surface area contributed by atoms with Gasteiger partial charge in [-0.1, -0.05) is 18.2 Å². The van der Waals surface area contributed by atoms with E-state index < -0.39 is 0 Å². The van der Waals surface area contributed by atoms with Crippen LogP contribution in [-0.4, -0.2) is 44.3 Å². The third-order valence-corrected chi connectivity index (χ3v) is 5.20. The van der Waals surface area contributed by atoms with Gasteiger partial charge in [-0.2, -0.15) is 10.3 Å². The summed E-state index contributed by atoms with van der Waals surface area (Å²) >= 11 is 3.56. The number of anilines is 1. The van der Waals surface area contributed by atoms with Gasteiger partial charge in [-0.05, 0) is 39.7 Å². The average molecular weight is 413 g/mol. The SMILES string of the molecule is O=C1c2ccccc2C(Cc2ncccc2Br)N1CCNc1cn[nH]n1. The molecule has 3 aromatic rings. The molecule has 7 nitrogen and oxygen atoms in total. The van der Waals surface area contributed by atoms with Crippen LogP contribution in [0.15, 0.2) is 53.3 Å². The van der Waals surface area contributed by atoms with Crippen LogP contribution in [0.2, 0.25) is 0 Å². The van der Waals surface area contributed by atoms with Gasteiger partial charge in [0, 0.05) is 35.7 Å². The van der Waals surface area contributed by atoms with Gasteiger partial charge in [0.2, 0.25) is 0 Å². The van der Waals surface area contributed by atoms with Crippen molar-refractivity contribution in [2.45, 2.75) is 12.5 Å². The van der Waals surface area contributed by atoms with Gasteiger partial charge in [0.25, 0.3) is 5.91 Å². The van der Waals surface area contributed by atoms with Crippen LogP contribution < -0.4 is 5.32 Å². The number of amides is 1. The molecule has 1 aliphatic heterocycles. The molecule has 1 amide bonds.